The van der Waals surface area contributed by atoms with Crippen molar-refractivity contribution in [3.05, 3.63) is 29.2 Å². The highest BCUT2D eigenvalue weighted by molar-refractivity contribution is 7.07. The zero-order chi connectivity index (χ0) is 13.1. The SMILES string of the molecule is Nc1nc(NCc2cscn2)nc(-n2cncn2)n1. The fourth-order valence-corrected chi connectivity index (χ4v) is 1.93. The lowest BCUT2D eigenvalue weighted by Crippen LogP contribution is -2.11. The number of nitrogen functional groups attached to an aromatic ring is 1. The van der Waals surface area contributed by atoms with Gasteiger partial charge >= 0.3 is 0 Å². The van der Waals surface area contributed by atoms with Crippen LogP contribution in [-0.4, -0.2) is 34.7 Å². The fraction of sp³-hybridized carbons (Fsp3) is 0.111. The molecule has 0 spiro atoms. The van der Waals surface area contributed by atoms with Gasteiger partial charge in [0.05, 0.1) is 17.7 Å². The molecule has 3 N–H and O–H groups in total. The van der Waals surface area contributed by atoms with Crippen molar-refractivity contribution in [1.29, 1.82) is 0 Å². The second kappa shape index (κ2) is 4.94. The molecule has 19 heavy (non-hydrogen) atoms. The monoisotopic (exact) mass is 275 g/mol. The van der Waals surface area contributed by atoms with Crippen molar-refractivity contribution in [2.75, 3.05) is 11.1 Å². The summed E-state index contributed by atoms with van der Waals surface area (Å²) >= 11 is 1.53. The minimum atomic E-state index is 0.112. The standard InChI is InChI=1S/C9H9N9S/c10-7-15-8(12-1-6-2-19-5-13-6)17-9(16-7)18-4-11-3-14-18/h2-5H,1H2,(H3,10,12,15,16,17). The van der Waals surface area contributed by atoms with E-state index in [1.54, 1.807) is 5.51 Å². The predicted octanol–water partition coefficient (Wildman–Crippen LogP) is 0.103. The summed E-state index contributed by atoms with van der Waals surface area (Å²) in [5.41, 5.74) is 8.31. The second-order valence-corrected chi connectivity index (χ2v) is 4.21. The number of aromatic nitrogens is 7. The molecule has 3 aromatic rings. The average molecular weight is 275 g/mol. The highest BCUT2D eigenvalue weighted by atomic mass is 32.1. The van der Waals surface area contributed by atoms with Crippen LogP contribution in [0.2, 0.25) is 0 Å². The molecule has 0 aliphatic rings. The van der Waals surface area contributed by atoms with Gasteiger partial charge in [0.25, 0.3) is 5.95 Å². The summed E-state index contributed by atoms with van der Waals surface area (Å²) in [5, 5.41) is 8.91. The number of rotatable bonds is 4. The van der Waals surface area contributed by atoms with Gasteiger partial charge in [0.15, 0.2) is 0 Å². The van der Waals surface area contributed by atoms with Crippen molar-refractivity contribution in [3.63, 3.8) is 0 Å². The van der Waals surface area contributed by atoms with Gasteiger partial charge in [-0.1, -0.05) is 0 Å². The molecule has 96 valence electrons. The number of hydrogen-bond acceptors (Lipinski definition) is 9. The topological polar surface area (TPSA) is 120 Å². The van der Waals surface area contributed by atoms with Gasteiger partial charge in [-0.2, -0.15) is 24.7 Å². The Balaban J connectivity index is 1.82. The van der Waals surface area contributed by atoms with Gasteiger partial charge in [-0.25, -0.2) is 9.97 Å². The molecule has 9 nitrogen and oxygen atoms in total. The van der Waals surface area contributed by atoms with Crippen molar-refractivity contribution in [2.24, 2.45) is 0 Å². The van der Waals surface area contributed by atoms with E-state index in [2.05, 4.69) is 35.3 Å². The smallest absolute Gasteiger partial charge is 0.258 e. The van der Waals surface area contributed by atoms with E-state index < -0.39 is 0 Å². The third kappa shape index (κ3) is 2.63. The van der Waals surface area contributed by atoms with Crippen molar-refractivity contribution in [2.45, 2.75) is 6.54 Å². The highest BCUT2D eigenvalue weighted by Gasteiger charge is 2.07. The van der Waals surface area contributed by atoms with Crippen molar-refractivity contribution < 1.29 is 0 Å². The van der Waals surface area contributed by atoms with E-state index in [0.717, 1.165) is 5.69 Å². The lowest BCUT2D eigenvalue weighted by molar-refractivity contribution is 0.796. The van der Waals surface area contributed by atoms with Crippen molar-refractivity contribution in [3.8, 4) is 5.95 Å². The lowest BCUT2D eigenvalue weighted by Gasteiger charge is -2.05. The van der Waals surface area contributed by atoms with Crippen molar-refractivity contribution in [1.82, 2.24) is 34.7 Å². The van der Waals surface area contributed by atoms with Crippen LogP contribution in [0.3, 0.4) is 0 Å². The number of anilines is 2. The highest BCUT2D eigenvalue weighted by Crippen LogP contribution is 2.08. The molecule has 3 rings (SSSR count). The Kier molecular flexibility index (Phi) is 2.98. The first-order chi connectivity index (χ1) is 9.31. The largest absolute Gasteiger partial charge is 0.368 e. The summed E-state index contributed by atoms with van der Waals surface area (Å²) in [6.45, 7) is 0.518. The van der Waals surface area contributed by atoms with Crippen LogP contribution < -0.4 is 11.1 Å². The second-order valence-electron chi connectivity index (χ2n) is 3.49. The summed E-state index contributed by atoms with van der Waals surface area (Å²) < 4.78 is 1.41. The Hall–Kier alpha value is -2.62. The summed E-state index contributed by atoms with van der Waals surface area (Å²) in [5.74, 6) is 0.790. The van der Waals surface area contributed by atoms with Crippen LogP contribution in [0.25, 0.3) is 5.95 Å². The number of hydrogen-bond donors (Lipinski definition) is 2. The Bertz CT molecular complexity index is 648. The summed E-state index contributed by atoms with van der Waals surface area (Å²) in [6.07, 6.45) is 2.88. The average Bonchev–Trinajstić information content (AvgIpc) is 3.09. The summed E-state index contributed by atoms with van der Waals surface area (Å²) in [6, 6.07) is 0. The van der Waals surface area contributed by atoms with E-state index in [9.17, 15) is 0 Å². The van der Waals surface area contributed by atoms with E-state index in [0.29, 0.717) is 18.4 Å². The number of nitrogens with zero attached hydrogens (tertiary/aromatic N) is 7. The quantitative estimate of drug-likeness (QED) is 0.688. The minimum absolute atomic E-state index is 0.112. The van der Waals surface area contributed by atoms with E-state index in [-0.39, 0.29) is 5.95 Å². The van der Waals surface area contributed by atoms with Gasteiger partial charge in [-0.3, -0.25) is 0 Å². The zero-order valence-corrected chi connectivity index (χ0v) is 10.4. The van der Waals surface area contributed by atoms with Gasteiger partial charge in [-0.05, 0) is 0 Å². The maximum Gasteiger partial charge on any atom is 0.258 e. The Labute approximate surface area is 111 Å². The molecule has 0 fully saturated rings. The van der Waals surface area contributed by atoms with E-state index in [1.165, 1.54) is 28.7 Å². The number of nitrogens with two attached hydrogens (primary N) is 1. The first-order valence-corrected chi connectivity index (χ1v) is 6.23. The van der Waals surface area contributed by atoms with E-state index in [4.69, 9.17) is 5.73 Å². The first kappa shape index (κ1) is 11.5. The van der Waals surface area contributed by atoms with Gasteiger partial charge < -0.3 is 11.1 Å². The molecule has 10 heteroatoms. The van der Waals surface area contributed by atoms with Crippen molar-refractivity contribution >= 4 is 23.2 Å². The van der Waals surface area contributed by atoms with Crippen LogP contribution in [0.5, 0.6) is 0 Å². The molecule has 0 aliphatic heterocycles. The van der Waals surface area contributed by atoms with Crippen LogP contribution in [0.15, 0.2) is 23.5 Å². The molecular formula is C9H9N9S. The van der Waals surface area contributed by atoms with Gasteiger partial charge in [0.2, 0.25) is 11.9 Å². The van der Waals surface area contributed by atoms with Crippen LogP contribution in [0, 0.1) is 0 Å². The van der Waals surface area contributed by atoms with Gasteiger partial charge in [0.1, 0.15) is 12.7 Å². The molecule has 3 aromatic heterocycles. The Morgan fingerprint density at radius 3 is 3.00 bits per heavy atom. The Morgan fingerprint density at radius 2 is 2.26 bits per heavy atom. The van der Waals surface area contributed by atoms with Crippen LogP contribution in [0.4, 0.5) is 11.9 Å². The molecule has 0 bridgehead atoms. The van der Waals surface area contributed by atoms with Crippen LogP contribution >= 0.6 is 11.3 Å². The third-order valence-corrected chi connectivity index (χ3v) is 2.81. The van der Waals surface area contributed by atoms with Gasteiger partial charge in [-0.15, -0.1) is 11.3 Å². The molecule has 0 amide bonds. The number of thiazole rings is 1. The summed E-state index contributed by atoms with van der Waals surface area (Å²) in [4.78, 5) is 20.2. The third-order valence-electron chi connectivity index (χ3n) is 2.18. The maximum atomic E-state index is 5.64. The maximum absolute atomic E-state index is 5.64. The molecule has 3 heterocycles. The normalized spacial score (nSPS) is 10.5. The van der Waals surface area contributed by atoms with E-state index >= 15 is 0 Å². The van der Waals surface area contributed by atoms with Crippen LogP contribution in [0.1, 0.15) is 5.69 Å². The summed E-state index contributed by atoms with van der Waals surface area (Å²) in [7, 11) is 0. The van der Waals surface area contributed by atoms with Gasteiger partial charge in [0, 0.05) is 5.38 Å². The number of nitrogens with one attached hydrogen (secondary N) is 1. The Morgan fingerprint density at radius 1 is 1.32 bits per heavy atom. The molecule has 0 saturated carbocycles. The fourth-order valence-electron chi connectivity index (χ4n) is 1.37. The molecule has 0 radical (unpaired) electrons. The molecular weight excluding hydrogens is 266 g/mol. The lowest BCUT2D eigenvalue weighted by atomic mass is 10.5. The van der Waals surface area contributed by atoms with E-state index in [1.807, 2.05) is 5.38 Å². The first-order valence-electron chi connectivity index (χ1n) is 5.29. The molecule has 0 aromatic carbocycles. The minimum Gasteiger partial charge on any atom is -0.368 e. The molecule has 0 aliphatic carbocycles. The molecule has 0 saturated heterocycles. The van der Waals surface area contributed by atoms with Crippen LogP contribution in [-0.2, 0) is 6.54 Å². The predicted molar refractivity (Wildman–Crippen MR) is 68.6 cm³/mol. The molecule has 0 unspecified atom stereocenters. The zero-order valence-electron chi connectivity index (χ0n) is 9.63. The molecule has 0 atom stereocenters.